The predicted molar refractivity (Wildman–Crippen MR) is 72.1 cm³/mol. The number of carbonyl (C=O) groups is 1. The molecule has 1 aliphatic heterocycles. The third-order valence-electron chi connectivity index (χ3n) is 3.48. The zero-order valence-electron chi connectivity index (χ0n) is 11.2. The second-order valence-corrected chi connectivity index (χ2v) is 4.99. The highest BCUT2D eigenvalue weighted by Crippen LogP contribution is 2.17. The highest BCUT2D eigenvalue weighted by molar-refractivity contribution is 5.96. The molecule has 1 amide bonds. The maximum Gasteiger partial charge on any atom is 0.255 e. The number of benzene rings is 1. The summed E-state index contributed by atoms with van der Waals surface area (Å²) in [5.74, 6) is -1.35. The molecule has 1 aliphatic rings. The lowest BCUT2D eigenvalue weighted by Gasteiger charge is -2.29. The quantitative estimate of drug-likeness (QED) is 0.761. The van der Waals surface area contributed by atoms with Crippen molar-refractivity contribution in [2.24, 2.45) is 0 Å². The molecule has 0 atom stereocenters. The number of hydrogen-bond donors (Lipinski definition) is 3. The van der Waals surface area contributed by atoms with E-state index < -0.39 is 11.7 Å². The number of aliphatic hydroxyl groups excluding tert-OH is 1. The Labute approximate surface area is 117 Å². The number of phenolic OH excluding ortho intramolecular Hbond substituents is 1. The standard InChI is InChI=1S/C14H19FN2O3/c15-10-1-2-12(13(19)9-10)14(20)16-5-8-17-6-3-11(18)4-7-17/h1-2,9,11,18-19H,3-8H2,(H,16,20). The van der Waals surface area contributed by atoms with Gasteiger partial charge < -0.3 is 20.4 Å². The highest BCUT2D eigenvalue weighted by atomic mass is 19.1. The number of amides is 1. The van der Waals surface area contributed by atoms with Crippen LogP contribution < -0.4 is 5.32 Å². The molecule has 2 rings (SSSR count). The number of hydrogen-bond acceptors (Lipinski definition) is 4. The molecule has 5 nitrogen and oxygen atoms in total. The van der Waals surface area contributed by atoms with E-state index in [1.807, 2.05) is 0 Å². The molecule has 0 bridgehead atoms. The molecule has 0 unspecified atom stereocenters. The van der Waals surface area contributed by atoms with Crippen LogP contribution in [0.2, 0.25) is 0 Å². The van der Waals surface area contributed by atoms with E-state index in [4.69, 9.17) is 0 Å². The Morgan fingerprint density at radius 1 is 1.40 bits per heavy atom. The average molecular weight is 282 g/mol. The number of rotatable bonds is 4. The SMILES string of the molecule is O=C(NCCN1CCC(O)CC1)c1ccc(F)cc1O. The first-order chi connectivity index (χ1) is 9.56. The van der Waals surface area contributed by atoms with Crippen LogP contribution in [-0.4, -0.2) is 53.3 Å². The van der Waals surface area contributed by atoms with Crippen LogP contribution in [0.3, 0.4) is 0 Å². The molecule has 1 heterocycles. The molecule has 3 N–H and O–H groups in total. The van der Waals surface area contributed by atoms with Gasteiger partial charge in [-0.3, -0.25) is 4.79 Å². The van der Waals surface area contributed by atoms with E-state index >= 15 is 0 Å². The van der Waals surface area contributed by atoms with Gasteiger partial charge in [0, 0.05) is 32.2 Å². The minimum absolute atomic E-state index is 0.0699. The summed E-state index contributed by atoms with van der Waals surface area (Å²) < 4.78 is 12.8. The Kier molecular flexibility index (Phi) is 4.92. The first-order valence-electron chi connectivity index (χ1n) is 6.73. The number of nitrogens with one attached hydrogen (secondary N) is 1. The Balaban J connectivity index is 1.77. The van der Waals surface area contributed by atoms with Crippen LogP contribution in [0.25, 0.3) is 0 Å². The molecule has 6 heteroatoms. The maximum atomic E-state index is 12.8. The predicted octanol–water partition coefficient (Wildman–Crippen LogP) is 0.718. The third-order valence-corrected chi connectivity index (χ3v) is 3.48. The van der Waals surface area contributed by atoms with Crippen molar-refractivity contribution in [2.75, 3.05) is 26.2 Å². The van der Waals surface area contributed by atoms with Gasteiger partial charge in [-0.2, -0.15) is 0 Å². The number of piperidine rings is 1. The monoisotopic (exact) mass is 282 g/mol. The third kappa shape index (κ3) is 3.91. The zero-order valence-corrected chi connectivity index (χ0v) is 11.2. The summed E-state index contributed by atoms with van der Waals surface area (Å²) in [6.45, 7) is 2.78. The van der Waals surface area contributed by atoms with Gasteiger partial charge in [0.25, 0.3) is 5.91 Å². The summed E-state index contributed by atoms with van der Waals surface area (Å²) in [5, 5.41) is 21.6. The Hall–Kier alpha value is -1.66. The van der Waals surface area contributed by atoms with Crippen molar-refractivity contribution >= 4 is 5.91 Å². The van der Waals surface area contributed by atoms with Crippen molar-refractivity contribution in [3.05, 3.63) is 29.6 Å². The molecule has 0 saturated carbocycles. The first-order valence-corrected chi connectivity index (χ1v) is 6.73. The van der Waals surface area contributed by atoms with Crippen molar-refractivity contribution in [1.82, 2.24) is 10.2 Å². The van der Waals surface area contributed by atoms with Crippen molar-refractivity contribution in [3.8, 4) is 5.75 Å². The fourth-order valence-electron chi connectivity index (χ4n) is 2.26. The number of aromatic hydroxyl groups is 1. The molecule has 0 aliphatic carbocycles. The van der Waals surface area contributed by atoms with Gasteiger partial charge in [0.1, 0.15) is 11.6 Å². The summed E-state index contributed by atoms with van der Waals surface area (Å²) in [7, 11) is 0. The van der Waals surface area contributed by atoms with Crippen molar-refractivity contribution in [1.29, 1.82) is 0 Å². The average Bonchev–Trinajstić information content (AvgIpc) is 2.41. The maximum absolute atomic E-state index is 12.8. The van der Waals surface area contributed by atoms with Crippen LogP contribution in [0.5, 0.6) is 5.75 Å². The van der Waals surface area contributed by atoms with Crippen molar-refractivity contribution < 1.29 is 19.4 Å². The minimum atomic E-state index is -0.578. The molecule has 20 heavy (non-hydrogen) atoms. The summed E-state index contributed by atoms with van der Waals surface area (Å²) in [4.78, 5) is 14.0. The Morgan fingerprint density at radius 2 is 2.10 bits per heavy atom. The molecular formula is C14H19FN2O3. The van der Waals surface area contributed by atoms with E-state index in [0.717, 1.165) is 38.1 Å². The highest BCUT2D eigenvalue weighted by Gasteiger charge is 2.17. The Bertz CT molecular complexity index is 473. The summed E-state index contributed by atoms with van der Waals surface area (Å²) in [6.07, 6.45) is 1.30. The van der Waals surface area contributed by atoms with Gasteiger partial charge in [-0.15, -0.1) is 0 Å². The van der Waals surface area contributed by atoms with Crippen molar-refractivity contribution in [2.45, 2.75) is 18.9 Å². The van der Waals surface area contributed by atoms with E-state index in [2.05, 4.69) is 10.2 Å². The molecular weight excluding hydrogens is 263 g/mol. The lowest BCUT2D eigenvalue weighted by atomic mass is 10.1. The lowest BCUT2D eigenvalue weighted by molar-refractivity contribution is 0.0804. The Morgan fingerprint density at radius 3 is 2.75 bits per heavy atom. The van der Waals surface area contributed by atoms with E-state index in [9.17, 15) is 19.4 Å². The van der Waals surface area contributed by atoms with E-state index in [-0.39, 0.29) is 17.4 Å². The second kappa shape index (κ2) is 6.67. The summed E-state index contributed by atoms with van der Waals surface area (Å²) in [6, 6.07) is 3.32. The second-order valence-electron chi connectivity index (χ2n) is 4.99. The van der Waals surface area contributed by atoms with Crippen LogP contribution in [0.1, 0.15) is 23.2 Å². The molecule has 1 fully saturated rings. The molecule has 1 aromatic carbocycles. The number of phenols is 1. The zero-order chi connectivity index (χ0) is 14.5. The fraction of sp³-hybridized carbons (Fsp3) is 0.500. The molecule has 0 spiro atoms. The van der Waals surface area contributed by atoms with Gasteiger partial charge >= 0.3 is 0 Å². The van der Waals surface area contributed by atoms with Gasteiger partial charge in [-0.25, -0.2) is 4.39 Å². The number of aliphatic hydroxyl groups is 1. The number of carbonyl (C=O) groups excluding carboxylic acids is 1. The van der Waals surface area contributed by atoms with Crippen molar-refractivity contribution in [3.63, 3.8) is 0 Å². The minimum Gasteiger partial charge on any atom is -0.507 e. The van der Waals surface area contributed by atoms with Crippen LogP contribution in [-0.2, 0) is 0 Å². The van der Waals surface area contributed by atoms with E-state index in [1.165, 1.54) is 6.07 Å². The van der Waals surface area contributed by atoms with Crippen LogP contribution in [0.4, 0.5) is 4.39 Å². The fourth-order valence-corrected chi connectivity index (χ4v) is 2.26. The van der Waals surface area contributed by atoms with Crippen LogP contribution in [0, 0.1) is 5.82 Å². The number of nitrogens with zero attached hydrogens (tertiary/aromatic N) is 1. The number of likely N-dealkylation sites (tertiary alicyclic amines) is 1. The van der Waals surface area contributed by atoms with Gasteiger partial charge in [0.2, 0.25) is 0 Å². The summed E-state index contributed by atoms with van der Waals surface area (Å²) >= 11 is 0. The lowest BCUT2D eigenvalue weighted by Crippen LogP contribution is -2.40. The first kappa shape index (κ1) is 14.7. The smallest absolute Gasteiger partial charge is 0.255 e. The van der Waals surface area contributed by atoms with Gasteiger partial charge in [0.15, 0.2) is 0 Å². The normalized spacial score (nSPS) is 17.1. The van der Waals surface area contributed by atoms with Crippen LogP contribution in [0.15, 0.2) is 18.2 Å². The van der Waals surface area contributed by atoms with E-state index in [1.54, 1.807) is 0 Å². The van der Waals surface area contributed by atoms with E-state index in [0.29, 0.717) is 13.1 Å². The molecule has 0 radical (unpaired) electrons. The van der Waals surface area contributed by atoms with Gasteiger partial charge in [0.05, 0.1) is 11.7 Å². The number of halogens is 1. The molecule has 110 valence electrons. The largest absolute Gasteiger partial charge is 0.507 e. The summed E-state index contributed by atoms with van der Waals surface area (Å²) in [5.41, 5.74) is 0.0699. The molecule has 1 saturated heterocycles. The molecule has 1 aromatic rings. The van der Waals surface area contributed by atoms with Gasteiger partial charge in [-0.1, -0.05) is 0 Å². The topological polar surface area (TPSA) is 72.8 Å². The molecule has 0 aromatic heterocycles. The van der Waals surface area contributed by atoms with Gasteiger partial charge in [-0.05, 0) is 25.0 Å². The van der Waals surface area contributed by atoms with Crippen LogP contribution >= 0.6 is 0 Å².